The van der Waals surface area contributed by atoms with Crippen LogP contribution < -0.4 is 11.0 Å². The molecule has 2 aromatic rings. The molecule has 2 aliphatic heterocycles. The predicted molar refractivity (Wildman–Crippen MR) is 187 cm³/mol. The molecule has 0 bridgehead atoms. The quantitative estimate of drug-likeness (QED) is 0.351. The maximum atomic E-state index is 9.73. The van der Waals surface area contributed by atoms with Crippen molar-refractivity contribution in [3.63, 3.8) is 0 Å². The molecule has 0 radical (unpaired) electrons. The molecule has 6 rings (SSSR count). The van der Waals surface area contributed by atoms with Gasteiger partial charge in [-0.25, -0.2) is 0 Å². The second kappa shape index (κ2) is 17.8. The van der Waals surface area contributed by atoms with Crippen LogP contribution in [0.3, 0.4) is 0 Å². The molecule has 45 heavy (non-hydrogen) atoms. The van der Waals surface area contributed by atoms with Gasteiger partial charge in [-0.05, 0) is 69.3 Å². The van der Waals surface area contributed by atoms with E-state index in [0.717, 1.165) is 77.5 Å². The van der Waals surface area contributed by atoms with Crippen LogP contribution in [-0.2, 0) is 10.8 Å². The number of hydrogen-bond donors (Lipinski definition) is 3. The maximum Gasteiger partial charge on any atom is 0.373 e. The number of nitriles is 2. The highest BCUT2D eigenvalue weighted by Gasteiger charge is 2.42. The van der Waals surface area contributed by atoms with E-state index >= 15 is 0 Å². The van der Waals surface area contributed by atoms with E-state index in [-0.39, 0.29) is 10.8 Å². The van der Waals surface area contributed by atoms with Crippen molar-refractivity contribution in [2.24, 2.45) is 5.73 Å². The number of nitrogens with one attached hydrogen (secondary N) is 1. The number of rotatable bonds is 6. The Kier molecular flexibility index (Phi) is 14.6. The minimum absolute atomic E-state index is 0.259. The minimum Gasteiger partial charge on any atom is -0.437 e. The lowest BCUT2D eigenvalue weighted by Crippen LogP contribution is -2.64. The largest absolute Gasteiger partial charge is 0.437 e. The van der Waals surface area contributed by atoms with Crippen LogP contribution >= 0.6 is 0 Å². The fourth-order valence-corrected chi connectivity index (χ4v) is 7.47. The highest BCUT2D eigenvalue weighted by Crippen LogP contribution is 2.42. The van der Waals surface area contributed by atoms with E-state index in [4.69, 9.17) is 5.73 Å². The molecule has 4 fully saturated rings. The van der Waals surface area contributed by atoms with Crippen LogP contribution in [0.25, 0.3) is 0 Å². The molecule has 2 heterocycles. The summed E-state index contributed by atoms with van der Waals surface area (Å²) in [5.74, 6) is 0. The molecule has 2 aliphatic carbocycles. The predicted octanol–water partition coefficient (Wildman–Crippen LogP) is 5.86. The Bertz CT molecular complexity index is 1180. The lowest BCUT2D eigenvalue weighted by molar-refractivity contribution is 0.0542. The molecule has 4 aliphatic rings. The number of likely N-dealkylation sites (tertiary alicyclic amines) is 2. The van der Waals surface area contributed by atoms with Crippen molar-refractivity contribution < 1.29 is 5.02 Å². The standard InChI is InChI=1S/C17H24BN3O.C16H21N3.2C2H6/c1-18(22)20-15-11-21(12-15)16-7-9-17(13-19,10-8-16)14-5-3-2-4-6-14;17-12-16(13-4-2-1-3-5-13)8-6-15(7-9-16)19-10-14(18)11-19;2*1-2/h2-6,15-16,20,22H,7-12H2,1H3;1-5,14-15H,6-11,18H2;2*1-2H3. The van der Waals surface area contributed by atoms with Crippen LogP contribution in [0, 0.1) is 22.7 Å². The third kappa shape index (κ3) is 9.19. The Labute approximate surface area is 273 Å². The normalized spacial score (nSPS) is 28.5. The monoisotopic (exact) mass is 612 g/mol. The summed E-state index contributed by atoms with van der Waals surface area (Å²) in [5, 5.41) is 31.9. The summed E-state index contributed by atoms with van der Waals surface area (Å²) >= 11 is 0. The van der Waals surface area contributed by atoms with Crippen LogP contribution in [0.15, 0.2) is 60.7 Å². The zero-order valence-corrected chi connectivity index (χ0v) is 28.5. The van der Waals surface area contributed by atoms with Gasteiger partial charge in [0.15, 0.2) is 0 Å². The van der Waals surface area contributed by atoms with Crippen LogP contribution in [-0.4, -0.2) is 72.2 Å². The second-order valence-corrected chi connectivity index (χ2v) is 12.8. The fourth-order valence-electron chi connectivity index (χ4n) is 7.47. The van der Waals surface area contributed by atoms with Gasteiger partial charge in [0, 0.05) is 50.3 Å². The molecule has 0 atom stereocenters. The number of hydrogen-bond acceptors (Lipinski definition) is 7. The van der Waals surface area contributed by atoms with Crippen LogP contribution in [0.4, 0.5) is 0 Å². The van der Waals surface area contributed by atoms with Gasteiger partial charge in [0.2, 0.25) is 0 Å². The summed E-state index contributed by atoms with van der Waals surface area (Å²) in [6.07, 6.45) is 8.26. The molecule has 244 valence electrons. The topological polar surface area (TPSA) is 112 Å². The van der Waals surface area contributed by atoms with Gasteiger partial charge in [0.25, 0.3) is 0 Å². The molecule has 7 nitrogen and oxygen atoms in total. The summed E-state index contributed by atoms with van der Waals surface area (Å²) in [7, 11) is -0.428. The van der Waals surface area contributed by atoms with E-state index < -0.39 is 7.05 Å². The Morgan fingerprint density at radius 1 is 0.711 bits per heavy atom. The third-order valence-electron chi connectivity index (χ3n) is 10.1. The van der Waals surface area contributed by atoms with Crippen LogP contribution in [0.1, 0.15) is 90.2 Å². The molecule has 2 saturated heterocycles. The molecule has 0 spiro atoms. The number of nitrogens with zero attached hydrogens (tertiary/aromatic N) is 4. The first-order valence-corrected chi connectivity index (χ1v) is 17.5. The van der Waals surface area contributed by atoms with Crippen LogP contribution in [0.2, 0.25) is 6.82 Å². The number of nitrogens with two attached hydrogens (primary N) is 1. The SMILES string of the molecule is CB(O)NC1CN(C2CCC(C#N)(c3ccccc3)CC2)C1.CC.CC.N#CC1(c2ccccc2)CCC(N2CC(N)C2)CC1. The van der Waals surface area contributed by atoms with Crippen molar-refractivity contribution in [3.8, 4) is 12.1 Å². The molecule has 4 N–H and O–H groups in total. The molecule has 8 heteroatoms. The lowest BCUT2D eigenvalue weighted by Gasteiger charge is -2.48. The van der Waals surface area contributed by atoms with Gasteiger partial charge >= 0.3 is 7.05 Å². The summed E-state index contributed by atoms with van der Waals surface area (Å²) in [6, 6.07) is 27.8. The lowest BCUT2D eigenvalue weighted by atomic mass is 9.68. The minimum atomic E-state index is -0.428. The Balaban J connectivity index is 0.000000223. The Hall–Kier alpha value is -2.72. The smallest absolute Gasteiger partial charge is 0.373 e. The number of benzene rings is 2. The molecular weight excluding hydrogens is 555 g/mol. The molecule has 0 unspecified atom stereocenters. The van der Waals surface area contributed by atoms with E-state index in [1.165, 1.54) is 11.1 Å². The fraction of sp³-hybridized carbons (Fsp3) is 0.622. The summed E-state index contributed by atoms with van der Waals surface area (Å²) in [5.41, 5.74) is 7.67. The Morgan fingerprint density at radius 2 is 1.07 bits per heavy atom. The maximum absolute atomic E-state index is 9.73. The average Bonchev–Trinajstić information content (AvgIpc) is 3.08. The van der Waals surface area contributed by atoms with Gasteiger partial charge in [0.1, 0.15) is 0 Å². The first-order valence-electron chi connectivity index (χ1n) is 17.5. The van der Waals surface area contributed by atoms with Gasteiger partial charge < -0.3 is 16.0 Å². The van der Waals surface area contributed by atoms with Gasteiger partial charge in [-0.15, -0.1) is 0 Å². The van der Waals surface area contributed by atoms with Crippen molar-refractivity contribution in [2.45, 2.75) is 121 Å². The van der Waals surface area contributed by atoms with Crippen molar-refractivity contribution in [1.29, 1.82) is 10.5 Å². The van der Waals surface area contributed by atoms with Gasteiger partial charge in [-0.1, -0.05) is 88.4 Å². The van der Waals surface area contributed by atoms with Crippen LogP contribution in [0.5, 0.6) is 0 Å². The van der Waals surface area contributed by atoms with Gasteiger partial charge in [0.05, 0.1) is 23.0 Å². The molecule has 0 amide bonds. The second-order valence-electron chi connectivity index (χ2n) is 12.8. The summed E-state index contributed by atoms with van der Waals surface area (Å²) in [6.45, 7) is 13.9. The van der Waals surface area contributed by atoms with Crippen molar-refractivity contribution >= 4 is 7.05 Å². The average molecular weight is 613 g/mol. The summed E-state index contributed by atoms with van der Waals surface area (Å²) < 4.78 is 0. The first-order chi connectivity index (χ1) is 21.9. The van der Waals surface area contributed by atoms with E-state index in [2.05, 4.69) is 51.4 Å². The van der Waals surface area contributed by atoms with E-state index in [9.17, 15) is 15.5 Å². The zero-order chi connectivity index (χ0) is 32.9. The van der Waals surface area contributed by atoms with Crippen molar-refractivity contribution in [3.05, 3.63) is 71.8 Å². The van der Waals surface area contributed by atoms with E-state index in [0.29, 0.717) is 24.2 Å². The summed E-state index contributed by atoms with van der Waals surface area (Å²) in [4.78, 5) is 4.98. The first kappa shape index (κ1) is 36.7. The van der Waals surface area contributed by atoms with E-state index in [1.54, 1.807) is 6.82 Å². The molecule has 2 aromatic carbocycles. The zero-order valence-electron chi connectivity index (χ0n) is 28.5. The molecule has 0 aromatic heterocycles. The van der Waals surface area contributed by atoms with Crippen molar-refractivity contribution in [1.82, 2.24) is 15.0 Å². The molecule has 2 saturated carbocycles. The van der Waals surface area contributed by atoms with Gasteiger partial charge in [-0.2, -0.15) is 10.5 Å². The highest BCUT2D eigenvalue weighted by atomic mass is 16.2. The third-order valence-corrected chi connectivity index (χ3v) is 10.1. The Morgan fingerprint density at radius 3 is 1.38 bits per heavy atom. The van der Waals surface area contributed by atoms with E-state index in [1.807, 2.05) is 64.1 Å². The van der Waals surface area contributed by atoms with Crippen molar-refractivity contribution in [2.75, 3.05) is 26.2 Å². The highest BCUT2D eigenvalue weighted by molar-refractivity contribution is 6.45. The molecular formula is C37H57BN6O. The van der Waals surface area contributed by atoms with Gasteiger partial charge in [-0.3, -0.25) is 9.80 Å².